The molecular weight excluding hydrogens is 712 g/mol. The average molecular weight is 783 g/mol. The van der Waals surface area contributed by atoms with E-state index in [1.54, 1.807) is 19.9 Å². The minimum atomic E-state index is -1.44. The zero-order valence-electron chi connectivity index (χ0n) is 34.4. The molecule has 55 heavy (non-hydrogen) atoms. The second-order valence-corrected chi connectivity index (χ2v) is 20.2. The number of hydrogen-bond donors (Lipinski definition) is 7. The van der Waals surface area contributed by atoms with Crippen LogP contribution in [0.3, 0.4) is 0 Å². The Balaban J connectivity index is 1.29. The molecule has 6 aliphatic rings. The Morgan fingerprint density at radius 2 is 1.47 bits per heavy atom. The van der Waals surface area contributed by atoms with E-state index in [9.17, 15) is 40.5 Å². The van der Waals surface area contributed by atoms with Crippen molar-refractivity contribution in [2.75, 3.05) is 13.2 Å². The number of aliphatic hydroxyl groups excluding tert-OH is 5. The summed E-state index contributed by atoms with van der Waals surface area (Å²) in [7, 11) is 0. The Kier molecular flexibility index (Phi) is 11.9. The second kappa shape index (κ2) is 15.1. The number of hydrogen-bond acceptors (Lipinski definition) is 13. The molecule has 5 unspecified atom stereocenters. The van der Waals surface area contributed by atoms with Crippen molar-refractivity contribution < 1.29 is 64.2 Å². The predicted octanol–water partition coefficient (Wildman–Crippen LogP) is 2.97. The number of carbonyl (C=O) groups is 1. The van der Waals surface area contributed by atoms with Crippen molar-refractivity contribution in [1.29, 1.82) is 0 Å². The first-order valence-corrected chi connectivity index (χ1v) is 20.6. The fourth-order valence-electron chi connectivity index (χ4n) is 12.9. The first-order valence-electron chi connectivity index (χ1n) is 20.6. The van der Waals surface area contributed by atoms with Gasteiger partial charge >= 0.3 is 5.97 Å². The number of ether oxygens (including phenoxy) is 5. The summed E-state index contributed by atoms with van der Waals surface area (Å²) < 4.78 is 30.2. The van der Waals surface area contributed by atoms with Gasteiger partial charge in [-0.2, -0.15) is 0 Å². The normalized spacial score (nSPS) is 49.5. The minimum absolute atomic E-state index is 0.112. The molecular formula is C42H70O13. The molecule has 0 amide bonds. The molecule has 4 saturated carbocycles. The smallest absolute Gasteiger partial charge is 0.302 e. The molecule has 4 aliphatic carbocycles. The third-order valence-corrected chi connectivity index (χ3v) is 16.0. The summed E-state index contributed by atoms with van der Waals surface area (Å²) >= 11 is 0. The van der Waals surface area contributed by atoms with Crippen molar-refractivity contribution in [2.45, 2.75) is 186 Å². The van der Waals surface area contributed by atoms with Crippen LogP contribution in [-0.4, -0.2) is 128 Å². The zero-order valence-corrected chi connectivity index (χ0v) is 34.4. The van der Waals surface area contributed by atoms with Crippen molar-refractivity contribution in [3.05, 3.63) is 12.2 Å². The van der Waals surface area contributed by atoms with Crippen molar-refractivity contribution in [3.8, 4) is 0 Å². The number of esters is 1. The summed E-state index contributed by atoms with van der Waals surface area (Å²) in [6.45, 7) is 17.8. The van der Waals surface area contributed by atoms with Crippen LogP contribution >= 0.6 is 0 Å². The number of rotatable bonds is 10. The molecule has 0 aromatic carbocycles. The van der Waals surface area contributed by atoms with E-state index in [-0.39, 0.29) is 64.6 Å². The molecule has 316 valence electrons. The van der Waals surface area contributed by atoms with Gasteiger partial charge in [-0.1, -0.05) is 46.8 Å². The maximum Gasteiger partial charge on any atom is 0.302 e. The lowest BCUT2D eigenvalue weighted by molar-refractivity contribution is -0.319. The number of carbonyl (C=O) groups excluding carboxylic acids is 1. The van der Waals surface area contributed by atoms with E-state index in [1.165, 1.54) is 6.92 Å². The Morgan fingerprint density at radius 3 is 2.13 bits per heavy atom. The van der Waals surface area contributed by atoms with Crippen molar-refractivity contribution in [3.63, 3.8) is 0 Å². The Hall–Kier alpha value is -1.23. The molecule has 13 nitrogen and oxygen atoms in total. The van der Waals surface area contributed by atoms with Gasteiger partial charge in [-0.15, -0.1) is 0 Å². The van der Waals surface area contributed by atoms with Crippen LogP contribution in [0.1, 0.15) is 114 Å². The quantitative estimate of drug-likeness (QED) is 0.0969. The highest BCUT2D eigenvalue weighted by Crippen LogP contribution is 2.76. The maximum atomic E-state index is 12.2. The molecule has 2 saturated heterocycles. The molecule has 0 radical (unpaired) electrons. The number of aliphatic hydroxyl groups is 7. The van der Waals surface area contributed by atoms with Crippen molar-refractivity contribution >= 4 is 5.97 Å². The minimum Gasteiger partial charge on any atom is -0.463 e. The van der Waals surface area contributed by atoms with Gasteiger partial charge in [-0.25, -0.2) is 0 Å². The summed E-state index contributed by atoms with van der Waals surface area (Å²) in [5.41, 5.74) is -3.07. The largest absolute Gasteiger partial charge is 0.463 e. The third-order valence-electron chi connectivity index (χ3n) is 16.0. The molecule has 0 aromatic heterocycles. The summed E-state index contributed by atoms with van der Waals surface area (Å²) in [6, 6.07) is 0. The van der Waals surface area contributed by atoms with Gasteiger partial charge in [0.15, 0.2) is 12.6 Å². The van der Waals surface area contributed by atoms with Gasteiger partial charge in [0.1, 0.15) is 43.2 Å². The molecule has 0 spiro atoms. The summed E-state index contributed by atoms with van der Waals surface area (Å²) in [5.74, 6) is -0.396. The molecule has 2 aliphatic heterocycles. The lowest BCUT2D eigenvalue weighted by Crippen LogP contribution is -2.67. The summed E-state index contributed by atoms with van der Waals surface area (Å²) in [5, 5.41) is 76.1. The lowest BCUT2D eigenvalue weighted by atomic mass is 9.35. The van der Waals surface area contributed by atoms with Crippen LogP contribution in [0.25, 0.3) is 0 Å². The number of fused-ring (bicyclic) bond motifs is 5. The molecule has 0 bridgehead atoms. The van der Waals surface area contributed by atoms with E-state index in [4.69, 9.17) is 23.7 Å². The van der Waals surface area contributed by atoms with Crippen LogP contribution in [0.2, 0.25) is 0 Å². The highest BCUT2D eigenvalue weighted by molar-refractivity contribution is 5.65. The van der Waals surface area contributed by atoms with Crippen LogP contribution < -0.4 is 0 Å². The Bertz CT molecular complexity index is 1410. The predicted molar refractivity (Wildman–Crippen MR) is 200 cm³/mol. The van der Waals surface area contributed by atoms with Crippen LogP contribution in [0.4, 0.5) is 0 Å². The van der Waals surface area contributed by atoms with E-state index in [1.807, 2.05) is 13.0 Å². The van der Waals surface area contributed by atoms with Gasteiger partial charge in [-0.3, -0.25) is 4.79 Å². The average Bonchev–Trinajstić information content (AvgIpc) is 3.59. The van der Waals surface area contributed by atoms with Gasteiger partial charge in [0.25, 0.3) is 0 Å². The molecule has 0 aromatic rings. The van der Waals surface area contributed by atoms with E-state index in [0.717, 1.165) is 32.1 Å². The highest BCUT2D eigenvalue weighted by atomic mass is 16.7. The van der Waals surface area contributed by atoms with Crippen molar-refractivity contribution in [2.24, 2.45) is 45.3 Å². The standard InChI is InChI=1S/C42H70O13/c1-22(43)51-21-26-32(46)34(48)36(54-26)55-29-13-16-39(6)27(38(29,4)5)12-18-40(7)28(39)19-25(53-35-33(47)31(45)24(44)20-52-35)30-23(11-17-41(30,40)8)42(9,50)15-10-14-37(2,3)49/h10,14,23-36,44-50H,11-13,15-21H2,1-9H3/b14-10+/t23?,24-,25?,26-,27?,28?,29+,30?,31-,32-,33+,34+,35-,36-,39-,40+,41+,42-/m0/s1. The molecule has 6 fully saturated rings. The fraction of sp³-hybridized carbons (Fsp3) is 0.929. The highest BCUT2D eigenvalue weighted by Gasteiger charge is 2.72. The first kappa shape index (κ1) is 43.4. The van der Waals surface area contributed by atoms with Gasteiger partial charge in [0.2, 0.25) is 0 Å². The molecule has 7 N–H and O–H groups in total. The summed E-state index contributed by atoms with van der Waals surface area (Å²) in [4.78, 5) is 11.4. The molecule has 13 heteroatoms. The van der Waals surface area contributed by atoms with E-state index in [2.05, 4.69) is 34.6 Å². The lowest BCUT2D eigenvalue weighted by Gasteiger charge is -2.71. The fourth-order valence-corrected chi connectivity index (χ4v) is 12.9. The first-order chi connectivity index (χ1) is 25.4. The molecule has 18 atom stereocenters. The molecule has 2 heterocycles. The van der Waals surface area contributed by atoms with E-state index < -0.39 is 72.5 Å². The van der Waals surface area contributed by atoms with Gasteiger partial charge in [0, 0.05) is 6.92 Å². The van der Waals surface area contributed by atoms with Crippen molar-refractivity contribution in [1.82, 2.24) is 0 Å². The monoisotopic (exact) mass is 782 g/mol. The van der Waals surface area contributed by atoms with Gasteiger partial charge in [-0.05, 0) is 117 Å². The van der Waals surface area contributed by atoms with Gasteiger partial charge in [0.05, 0.1) is 30.0 Å². The van der Waals surface area contributed by atoms with Crippen LogP contribution in [0.15, 0.2) is 12.2 Å². The van der Waals surface area contributed by atoms with E-state index >= 15 is 0 Å². The van der Waals surface area contributed by atoms with E-state index in [0.29, 0.717) is 19.3 Å². The Morgan fingerprint density at radius 1 is 0.818 bits per heavy atom. The second-order valence-electron chi connectivity index (χ2n) is 20.2. The van der Waals surface area contributed by atoms with Crippen LogP contribution in [0, 0.1) is 45.3 Å². The van der Waals surface area contributed by atoms with Crippen LogP contribution in [-0.2, 0) is 28.5 Å². The van der Waals surface area contributed by atoms with Gasteiger partial charge < -0.3 is 59.4 Å². The van der Waals surface area contributed by atoms with Crippen LogP contribution in [0.5, 0.6) is 0 Å². The Labute approximate surface area is 326 Å². The zero-order chi connectivity index (χ0) is 40.7. The summed E-state index contributed by atoms with van der Waals surface area (Å²) in [6.07, 6.45) is -0.828. The SMILES string of the molecule is CC(=O)OC[C@@H]1O[C@@H](O[C@@H]2CC[C@@]3(C)C(CC[C@]4(C)C3CC(O[C@@H]3OC[C@H](O)[C@H](O)[C@H]3O)C3C([C@@](C)(O)C/C=C/C(C)(C)O)CC[C@]34C)C2(C)C)[C@H](O)[C@H]1O. The topological polar surface area (TPSA) is 205 Å². The molecule has 6 rings (SSSR count). The third kappa shape index (κ3) is 7.60. The maximum absolute atomic E-state index is 12.2.